The van der Waals surface area contributed by atoms with Gasteiger partial charge < -0.3 is 9.73 Å². The summed E-state index contributed by atoms with van der Waals surface area (Å²) in [5, 5.41) is 10.9. The van der Waals surface area contributed by atoms with Gasteiger partial charge >= 0.3 is 0 Å². The predicted molar refractivity (Wildman–Crippen MR) is 99.5 cm³/mol. The third-order valence-corrected chi connectivity index (χ3v) is 3.94. The molecule has 27 heavy (non-hydrogen) atoms. The highest BCUT2D eigenvalue weighted by Gasteiger charge is 2.11. The highest BCUT2D eigenvalue weighted by Crippen LogP contribution is 2.24. The molecule has 1 amide bonds. The van der Waals surface area contributed by atoms with E-state index in [1.165, 1.54) is 24.3 Å². The van der Waals surface area contributed by atoms with Gasteiger partial charge in [0.1, 0.15) is 5.82 Å². The molecule has 0 aliphatic carbocycles. The van der Waals surface area contributed by atoms with Crippen LogP contribution in [0, 0.1) is 5.82 Å². The van der Waals surface area contributed by atoms with Crippen LogP contribution in [0.4, 0.5) is 10.1 Å². The number of carbonyl (C=O) groups is 1. The van der Waals surface area contributed by atoms with Crippen LogP contribution >= 0.6 is 0 Å². The molecule has 0 aliphatic rings. The molecule has 4 aromatic rings. The summed E-state index contributed by atoms with van der Waals surface area (Å²) < 4.78 is 18.7. The molecule has 4 rings (SSSR count). The van der Waals surface area contributed by atoms with E-state index in [0.29, 0.717) is 23.0 Å². The number of hydrogen-bond acceptors (Lipinski definition) is 4. The van der Waals surface area contributed by atoms with Crippen molar-refractivity contribution >= 4 is 11.6 Å². The summed E-state index contributed by atoms with van der Waals surface area (Å²) in [6.07, 6.45) is 0. The largest absolute Gasteiger partial charge is 0.416 e. The van der Waals surface area contributed by atoms with Gasteiger partial charge in [-0.25, -0.2) is 4.39 Å². The second-order valence-electron chi connectivity index (χ2n) is 5.82. The predicted octanol–water partition coefficient (Wildman–Crippen LogP) is 4.80. The first kappa shape index (κ1) is 16.7. The summed E-state index contributed by atoms with van der Waals surface area (Å²) in [5.41, 5.74) is 2.57. The lowest BCUT2D eigenvalue weighted by atomic mass is 10.2. The Morgan fingerprint density at radius 1 is 0.778 bits per heavy atom. The van der Waals surface area contributed by atoms with Crippen molar-refractivity contribution in [1.82, 2.24) is 10.2 Å². The summed E-state index contributed by atoms with van der Waals surface area (Å²) in [5.74, 6) is 0.141. The number of rotatable bonds is 4. The zero-order valence-corrected chi connectivity index (χ0v) is 14.1. The van der Waals surface area contributed by atoms with E-state index in [1.807, 2.05) is 30.3 Å². The lowest BCUT2D eigenvalue weighted by Crippen LogP contribution is -2.11. The Labute approximate surface area is 154 Å². The Balaban J connectivity index is 1.48. The van der Waals surface area contributed by atoms with Crippen LogP contribution in [-0.2, 0) is 0 Å². The van der Waals surface area contributed by atoms with Crippen molar-refractivity contribution in [2.45, 2.75) is 0 Å². The van der Waals surface area contributed by atoms with Crippen molar-refractivity contribution in [1.29, 1.82) is 0 Å². The second kappa shape index (κ2) is 7.21. The van der Waals surface area contributed by atoms with Crippen molar-refractivity contribution < 1.29 is 13.6 Å². The van der Waals surface area contributed by atoms with Crippen molar-refractivity contribution in [3.05, 3.63) is 90.2 Å². The van der Waals surface area contributed by atoms with Gasteiger partial charge in [-0.2, -0.15) is 0 Å². The normalized spacial score (nSPS) is 10.6. The van der Waals surface area contributed by atoms with Crippen molar-refractivity contribution in [2.75, 3.05) is 5.32 Å². The standard InChI is InChI=1S/C21H14FN3O2/c22-17-10-6-14(7-11-17)19(26)23-18-12-8-16(9-13-18)21-25-24-20(27-21)15-4-2-1-3-5-15/h1-13H,(H,23,26). The van der Waals surface area contributed by atoms with Crippen LogP contribution in [0.25, 0.3) is 22.9 Å². The number of aromatic nitrogens is 2. The smallest absolute Gasteiger partial charge is 0.255 e. The van der Waals surface area contributed by atoms with Gasteiger partial charge in [0.15, 0.2) is 0 Å². The number of carbonyl (C=O) groups excluding carboxylic acids is 1. The molecule has 1 N–H and O–H groups in total. The lowest BCUT2D eigenvalue weighted by Gasteiger charge is -2.05. The van der Waals surface area contributed by atoms with Crippen LogP contribution < -0.4 is 5.32 Å². The number of nitrogens with zero attached hydrogens (tertiary/aromatic N) is 2. The maximum atomic E-state index is 12.9. The summed E-state index contributed by atoms with van der Waals surface area (Å²) in [6, 6.07) is 21.9. The number of benzene rings is 3. The van der Waals surface area contributed by atoms with Gasteiger partial charge in [0.2, 0.25) is 11.8 Å². The quantitative estimate of drug-likeness (QED) is 0.568. The van der Waals surface area contributed by atoms with Gasteiger partial charge in [0, 0.05) is 22.4 Å². The van der Waals surface area contributed by atoms with Crippen LogP contribution in [0.15, 0.2) is 83.3 Å². The van der Waals surface area contributed by atoms with Gasteiger partial charge in [0.05, 0.1) is 0 Å². The fraction of sp³-hybridized carbons (Fsp3) is 0. The van der Waals surface area contributed by atoms with E-state index in [0.717, 1.165) is 11.1 Å². The van der Waals surface area contributed by atoms with Gasteiger partial charge in [-0.15, -0.1) is 10.2 Å². The Morgan fingerprint density at radius 3 is 2.00 bits per heavy atom. The monoisotopic (exact) mass is 359 g/mol. The molecule has 5 nitrogen and oxygen atoms in total. The molecule has 3 aromatic carbocycles. The molecule has 0 saturated carbocycles. The minimum absolute atomic E-state index is 0.313. The van der Waals surface area contributed by atoms with Crippen LogP contribution in [0.1, 0.15) is 10.4 Å². The molecule has 0 spiro atoms. The first-order chi connectivity index (χ1) is 13.2. The molecule has 132 valence electrons. The highest BCUT2D eigenvalue weighted by atomic mass is 19.1. The van der Waals surface area contributed by atoms with E-state index in [2.05, 4.69) is 15.5 Å². The number of nitrogens with one attached hydrogen (secondary N) is 1. The Morgan fingerprint density at radius 2 is 1.37 bits per heavy atom. The SMILES string of the molecule is O=C(Nc1ccc(-c2nnc(-c3ccccc3)o2)cc1)c1ccc(F)cc1. The van der Waals surface area contributed by atoms with Gasteiger partial charge in [-0.1, -0.05) is 18.2 Å². The molecule has 0 fully saturated rings. The average Bonchev–Trinajstić information content (AvgIpc) is 3.20. The first-order valence-corrected chi connectivity index (χ1v) is 8.25. The van der Waals surface area contributed by atoms with E-state index in [-0.39, 0.29) is 11.7 Å². The zero-order chi connectivity index (χ0) is 18.6. The lowest BCUT2D eigenvalue weighted by molar-refractivity contribution is 0.102. The molecule has 0 bridgehead atoms. The Hall–Kier alpha value is -3.80. The summed E-state index contributed by atoms with van der Waals surface area (Å²) >= 11 is 0. The fourth-order valence-corrected chi connectivity index (χ4v) is 2.54. The van der Waals surface area contributed by atoms with Gasteiger partial charge in [-0.3, -0.25) is 4.79 Å². The maximum Gasteiger partial charge on any atom is 0.255 e. The third-order valence-electron chi connectivity index (χ3n) is 3.94. The molecule has 0 radical (unpaired) electrons. The Kier molecular flexibility index (Phi) is 4.45. The zero-order valence-electron chi connectivity index (χ0n) is 14.1. The maximum absolute atomic E-state index is 12.9. The van der Waals surface area contributed by atoms with Crippen molar-refractivity contribution in [3.63, 3.8) is 0 Å². The van der Waals surface area contributed by atoms with Crippen LogP contribution in [-0.4, -0.2) is 16.1 Å². The van der Waals surface area contributed by atoms with E-state index >= 15 is 0 Å². The molecule has 1 heterocycles. The van der Waals surface area contributed by atoms with Crippen LogP contribution in [0.5, 0.6) is 0 Å². The first-order valence-electron chi connectivity index (χ1n) is 8.25. The summed E-state index contributed by atoms with van der Waals surface area (Å²) in [4.78, 5) is 12.2. The minimum Gasteiger partial charge on any atom is -0.416 e. The molecule has 6 heteroatoms. The molecule has 0 saturated heterocycles. The van der Waals surface area contributed by atoms with Gasteiger partial charge in [0.25, 0.3) is 5.91 Å². The molecule has 1 aromatic heterocycles. The number of hydrogen-bond donors (Lipinski definition) is 1. The highest BCUT2D eigenvalue weighted by molar-refractivity contribution is 6.04. The molecule has 0 aliphatic heterocycles. The van der Waals surface area contributed by atoms with Crippen LogP contribution in [0.2, 0.25) is 0 Å². The fourth-order valence-electron chi connectivity index (χ4n) is 2.54. The van der Waals surface area contributed by atoms with E-state index < -0.39 is 0 Å². The number of amides is 1. The summed E-state index contributed by atoms with van der Waals surface area (Å²) in [6.45, 7) is 0. The minimum atomic E-state index is -0.384. The number of halogens is 1. The van der Waals surface area contributed by atoms with Gasteiger partial charge in [-0.05, 0) is 60.7 Å². The Bertz CT molecular complexity index is 1060. The van der Waals surface area contributed by atoms with Crippen molar-refractivity contribution in [3.8, 4) is 22.9 Å². The third kappa shape index (κ3) is 3.74. The average molecular weight is 359 g/mol. The number of anilines is 1. The van der Waals surface area contributed by atoms with Crippen LogP contribution in [0.3, 0.4) is 0 Å². The molecule has 0 atom stereocenters. The second-order valence-corrected chi connectivity index (χ2v) is 5.82. The van der Waals surface area contributed by atoms with Crippen molar-refractivity contribution in [2.24, 2.45) is 0 Å². The van der Waals surface area contributed by atoms with E-state index in [9.17, 15) is 9.18 Å². The van der Waals surface area contributed by atoms with E-state index in [4.69, 9.17) is 4.42 Å². The molecular formula is C21H14FN3O2. The summed E-state index contributed by atoms with van der Waals surface area (Å²) in [7, 11) is 0. The topological polar surface area (TPSA) is 68.0 Å². The van der Waals surface area contributed by atoms with E-state index in [1.54, 1.807) is 24.3 Å². The molecule has 0 unspecified atom stereocenters. The molecular weight excluding hydrogens is 345 g/mol.